The maximum Gasteiger partial charge on any atom is 0.109 e. The van der Waals surface area contributed by atoms with Crippen molar-refractivity contribution in [2.45, 2.75) is 6.92 Å². The van der Waals surface area contributed by atoms with Crippen molar-refractivity contribution in [2.24, 2.45) is 4.99 Å². The van der Waals surface area contributed by atoms with E-state index in [4.69, 9.17) is 0 Å². The van der Waals surface area contributed by atoms with Crippen molar-refractivity contribution in [2.75, 3.05) is 0 Å². The third kappa shape index (κ3) is 1.31. The molecule has 0 aliphatic heterocycles. The van der Waals surface area contributed by atoms with Crippen molar-refractivity contribution in [1.29, 1.82) is 0 Å². The molecule has 0 aliphatic carbocycles. The topological polar surface area (TPSA) is 30.2 Å². The number of hydrogen-bond acceptors (Lipinski definition) is 2. The standard InChI is InChI=1S/C7H9N3/c1-7-9-4-6-10(7)5-3-8-2/h3-6H,2H2,1H3/b5-3-. The van der Waals surface area contributed by atoms with Gasteiger partial charge in [-0.1, -0.05) is 0 Å². The van der Waals surface area contributed by atoms with Crippen LogP contribution in [0.25, 0.3) is 6.20 Å². The fourth-order valence-corrected chi connectivity index (χ4v) is 0.664. The molecule has 1 rings (SSSR count). The summed E-state index contributed by atoms with van der Waals surface area (Å²) in [6.45, 7) is 5.24. The van der Waals surface area contributed by atoms with Crippen LogP contribution in [0.15, 0.2) is 23.6 Å². The lowest BCUT2D eigenvalue weighted by Crippen LogP contribution is -1.86. The fraction of sp³-hybridized carbons (Fsp3) is 0.143. The molecule has 0 radical (unpaired) electrons. The summed E-state index contributed by atoms with van der Waals surface area (Å²) in [5, 5.41) is 0. The summed E-state index contributed by atoms with van der Waals surface area (Å²) in [4.78, 5) is 7.59. The molecule has 52 valence electrons. The SMILES string of the molecule is C=N/C=C\n1ccnc1C. The van der Waals surface area contributed by atoms with Crippen molar-refractivity contribution in [3.63, 3.8) is 0 Å². The summed E-state index contributed by atoms with van der Waals surface area (Å²) in [7, 11) is 0. The largest absolute Gasteiger partial charge is 0.309 e. The van der Waals surface area contributed by atoms with Crippen LogP contribution in [0.5, 0.6) is 0 Å². The molecular formula is C7H9N3. The monoisotopic (exact) mass is 135 g/mol. The smallest absolute Gasteiger partial charge is 0.109 e. The van der Waals surface area contributed by atoms with Crippen LogP contribution >= 0.6 is 0 Å². The van der Waals surface area contributed by atoms with Crippen LogP contribution in [-0.4, -0.2) is 16.3 Å². The Labute approximate surface area is 59.7 Å². The van der Waals surface area contributed by atoms with Gasteiger partial charge in [-0.2, -0.15) is 0 Å². The van der Waals surface area contributed by atoms with Crippen LogP contribution < -0.4 is 0 Å². The maximum atomic E-state index is 4.02. The number of nitrogens with zero attached hydrogens (tertiary/aromatic N) is 3. The van der Waals surface area contributed by atoms with E-state index in [0.29, 0.717) is 0 Å². The summed E-state index contributed by atoms with van der Waals surface area (Å²) in [6, 6.07) is 0. The molecule has 0 spiro atoms. The Hall–Kier alpha value is -1.38. The Morgan fingerprint density at radius 3 is 3.10 bits per heavy atom. The fourth-order valence-electron chi connectivity index (χ4n) is 0.664. The first-order chi connectivity index (χ1) is 4.84. The molecule has 0 N–H and O–H groups in total. The van der Waals surface area contributed by atoms with Gasteiger partial charge in [0.25, 0.3) is 0 Å². The third-order valence-corrected chi connectivity index (χ3v) is 1.19. The number of imidazole rings is 1. The van der Waals surface area contributed by atoms with E-state index >= 15 is 0 Å². The van der Waals surface area contributed by atoms with Crippen molar-refractivity contribution in [3.05, 3.63) is 24.4 Å². The molecule has 0 bridgehead atoms. The quantitative estimate of drug-likeness (QED) is 0.562. The minimum Gasteiger partial charge on any atom is -0.309 e. The summed E-state index contributed by atoms with van der Waals surface area (Å²) in [6.07, 6.45) is 7.02. The summed E-state index contributed by atoms with van der Waals surface area (Å²) >= 11 is 0. The van der Waals surface area contributed by atoms with Gasteiger partial charge in [-0.15, -0.1) is 0 Å². The van der Waals surface area contributed by atoms with Gasteiger partial charge in [0.15, 0.2) is 0 Å². The van der Waals surface area contributed by atoms with E-state index in [1.165, 1.54) is 0 Å². The van der Waals surface area contributed by atoms with Crippen LogP contribution in [0.1, 0.15) is 5.82 Å². The van der Waals surface area contributed by atoms with E-state index in [-0.39, 0.29) is 0 Å². The Balaban J connectivity index is 2.83. The van der Waals surface area contributed by atoms with Gasteiger partial charge < -0.3 is 4.57 Å². The molecule has 1 heterocycles. The molecule has 0 amide bonds. The summed E-state index contributed by atoms with van der Waals surface area (Å²) < 4.78 is 1.87. The minimum atomic E-state index is 0.944. The predicted octanol–water partition coefficient (Wildman–Crippen LogP) is 1.32. The van der Waals surface area contributed by atoms with Crippen molar-refractivity contribution < 1.29 is 0 Å². The Morgan fingerprint density at radius 2 is 2.60 bits per heavy atom. The molecule has 0 saturated heterocycles. The second kappa shape index (κ2) is 2.96. The van der Waals surface area contributed by atoms with Crippen LogP contribution in [-0.2, 0) is 0 Å². The molecule has 0 aromatic carbocycles. The number of aromatic nitrogens is 2. The van der Waals surface area contributed by atoms with Crippen molar-refractivity contribution in [3.8, 4) is 0 Å². The highest BCUT2D eigenvalue weighted by Gasteiger charge is 1.88. The molecule has 3 nitrogen and oxygen atoms in total. The van der Waals surface area contributed by atoms with E-state index in [1.807, 2.05) is 17.7 Å². The molecule has 1 aromatic heterocycles. The Bertz CT molecular complexity index is 247. The Kier molecular flexibility index (Phi) is 1.99. The molecule has 0 aliphatic rings. The highest BCUT2D eigenvalue weighted by Crippen LogP contribution is 1.94. The van der Waals surface area contributed by atoms with E-state index < -0.39 is 0 Å². The minimum absolute atomic E-state index is 0.944. The lowest BCUT2D eigenvalue weighted by molar-refractivity contribution is 1.03. The molecule has 10 heavy (non-hydrogen) atoms. The van der Waals surface area contributed by atoms with Gasteiger partial charge in [-0.3, -0.25) is 4.99 Å². The summed E-state index contributed by atoms with van der Waals surface area (Å²) in [5.74, 6) is 0.944. The summed E-state index contributed by atoms with van der Waals surface area (Å²) in [5.41, 5.74) is 0. The molecule has 1 aromatic rings. The van der Waals surface area contributed by atoms with Crippen molar-refractivity contribution >= 4 is 12.9 Å². The third-order valence-electron chi connectivity index (χ3n) is 1.19. The lowest BCUT2D eigenvalue weighted by atomic mass is 10.7. The van der Waals surface area contributed by atoms with Gasteiger partial charge in [0.05, 0.1) is 0 Å². The van der Waals surface area contributed by atoms with E-state index in [1.54, 1.807) is 18.6 Å². The van der Waals surface area contributed by atoms with E-state index in [0.717, 1.165) is 5.82 Å². The highest BCUT2D eigenvalue weighted by atomic mass is 15.0. The molecular weight excluding hydrogens is 126 g/mol. The van der Waals surface area contributed by atoms with Gasteiger partial charge in [0.2, 0.25) is 0 Å². The average molecular weight is 135 g/mol. The van der Waals surface area contributed by atoms with Crippen molar-refractivity contribution in [1.82, 2.24) is 9.55 Å². The van der Waals surface area contributed by atoms with Crippen LogP contribution in [0, 0.1) is 6.92 Å². The average Bonchev–Trinajstić information content (AvgIpc) is 2.31. The van der Waals surface area contributed by atoms with Crippen LogP contribution in [0.3, 0.4) is 0 Å². The zero-order valence-electron chi connectivity index (χ0n) is 5.86. The lowest BCUT2D eigenvalue weighted by Gasteiger charge is -1.91. The van der Waals surface area contributed by atoms with Crippen LogP contribution in [0.2, 0.25) is 0 Å². The number of rotatable bonds is 2. The van der Waals surface area contributed by atoms with Gasteiger partial charge >= 0.3 is 0 Å². The van der Waals surface area contributed by atoms with Gasteiger partial charge in [-0.25, -0.2) is 4.98 Å². The molecule has 0 fully saturated rings. The predicted molar refractivity (Wildman–Crippen MR) is 41.8 cm³/mol. The van der Waals surface area contributed by atoms with Gasteiger partial charge in [0, 0.05) is 24.8 Å². The van der Waals surface area contributed by atoms with E-state index in [9.17, 15) is 0 Å². The molecule has 0 atom stereocenters. The second-order valence-electron chi connectivity index (χ2n) is 1.86. The zero-order valence-corrected chi connectivity index (χ0v) is 5.86. The van der Waals surface area contributed by atoms with Gasteiger partial charge in [-0.05, 0) is 13.6 Å². The first-order valence-corrected chi connectivity index (χ1v) is 2.96. The zero-order chi connectivity index (χ0) is 7.40. The number of aliphatic imine (C=N–C) groups is 1. The van der Waals surface area contributed by atoms with Crippen LogP contribution in [0.4, 0.5) is 0 Å². The normalized spacial score (nSPS) is 10.5. The maximum absolute atomic E-state index is 4.02. The Morgan fingerprint density at radius 1 is 1.80 bits per heavy atom. The van der Waals surface area contributed by atoms with E-state index in [2.05, 4.69) is 16.7 Å². The second-order valence-corrected chi connectivity index (χ2v) is 1.86. The molecule has 0 saturated carbocycles. The highest BCUT2D eigenvalue weighted by molar-refractivity contribution is 5.31. The first kappa shape index (κ1) is 6.74. The first-order valence-electron chi connectivity index (χ1n) is 2.96. The molecule has 3 heteroatoms. The number of hydrogen-bond donors (Lipinski definition) is 0. The molecule has 0 unspecified atom stereocenters. The number of aryl methyl sites for hydroxylation is 1. The van der Waals surface area contributed by atoms with Gasteiger partial charge in [0.1, 0.15) is 5.82 Å².